The van der Waals surface area contributed by atoms with Crippen LogP contribution in [-0.2, 0) is 11.2 Å². The Balaban J connectivity index is 1.62. The van der Waals surface area contributed by atoms with E-state index >= 15 is 0 Å². The van der Waals surface area contributed by atoms with Crippen LogP contribution in [0.15, 0.2) is 54.6 Å². The zero-order chi connectivity index (χ0) is 18.6. The quantitative estimate of drug-likeness (QED) is 0.554. The SMILES string of the molecule is CC(=O)Nc1ccc(C#CCNC(=O)NCCCc2ccccc2)cc1. The van der Waals surface area contributed by atoms with E-state index in [2.05, 4.69) is 39.9 Å². The van der Waals surface area contributed by atoms with Gasteiger partial charge in [-0.25, -0.2) is 4.79 Å². The fourth-order valence-electron chi connectivity index (χ4n) is 2.31. The van der Waals surface area contributed by atoms with Gasteiger partial charge in [-0.15, -0.1) is 0 Å². The Bertz CT molecular complexity index is 774. The number of hydrogen-bond acceptors (Lipinski definition) is 2. The topological polar surface area (TPSA) is 70.2 Å². The summed E-state index contributed by atoms with van der Waals surface area (Å²) < 4.78 is 0. The Morgan fingerprint density at radius 2 is 1.69 bits per heavy atom. The molecule has 3 amide bonds. The number of benzene rings is 2. The third-order valence-electron chi connectivity index (χ3n) is 3.55. The van der Waals surface area contributed by atoms with Crippen molar-refractivity contribution in [3.8, 4) is 11.8 Å². The van der Waals surface area contributed by atoms with E-state index in [1.54, 1.807) is 12.1 Å². The van der Waals surface area contributed by atoms with Crippen molar-refractivity contribution in [3.05, 3.63) is 65.7 Å². The number of carbonyl (C=O) groups excluding carboxylic acids is 2. The molecule has 2 aromatic carbocycles. The molecule has 0 fully saturated rings. The molecule has 2 aromatic rings. The third-order valence-corrected chi connectivity index (χ3v) is 3.55. The lowest BCUT2D eigenvalue weighted by Crippen LogP contribution is -2.36. The molecule has 0 spiro atoms. The number of amides is 3. The molecule has 0 radical (unpaired) electrons. The zero-order valence-electron chi connectivity index (χ0n) is 14.8. The van der Waals surface area contributed by atoms with Crippen LogP contribution in [0.25, 0.3) is 0 Å². The van der Waals surface area contributed by atoms with Gasteiger partial charge in [-0.05, 0) is 42.7 Å². The van der Waals surface area contributed by atoms with Gasteiger partial charge in [-0.2, -0.15) is 0 Å². The van der Waals surface area contributed by atoms with Crippen molar-refractivity contribution in [1.29, 1.82) is 0 Å². The Kier molecular flexibility index (Phi) is 7.75. The van der Waals surface area contributed by atoms with Crippen LogP contribution in [0.2, 0.25) is 0 Å². The number of aryl methyl sites for hydroxylation is 1. The number of carbonyl (C=O) groups is 2. The van der Waals surface area contributed by atoms with Crippen LogP contribution >= 0.6 is 0 Å². The zero-order valence-corrected chi connectivity index (χ0v) is 14.8. The average Bonchev–Trinajstić information content (AvgIpc) is 2.64. The maximum absolute atomic E-state index is 11.7. The molecule has 0 aliphatic heterocycles. The van der Waals surface area contributed by atoms with Crippen LogP contribution in [-0.4, -0.2) is 25.0 Å². The summed E-state index contributed by atoms with van der Waals surface area (Å²) in [7, 11) is 0. The summed E-state index contributed by atoms with van der Waals surface area (Å²) in [6.07, 6.45) is 1.83. The summed E-state index contributed by atoms with van der Waals surface area (Å²) in [5.74, 6) is 5.76. The minimum Gasteiger partial charge on any atom is -0.338 e. The molecular weight excluding hydrogens is 326 g/mol. The third kappa shape index (κ3) is 7.54. The number of hydrogen-bond donors (Lipinski definition) is 3. The maximum Gasteiger partial charge on any atom is 0.315 e. The Morgan fingerprint density at radius 1 is 0.962 bits per heavy atom. The molecule has 5 heteroatoms. The summed E-state index contributed by atoms with van der Waals surface area (Å²) in [5.41, 5.74) is 2.82. The molecule has 0 saturated carbocycles. The first-order chi connectivity index (χ1) is 12.6. The molecule has 5 nitrogen and oxygen atoms in total. The Labute approximate surface area is 154 Å². The maximum atomic E-state index is 11.7. The smallest absolute Gasteiger partial charge is 0.315 e. The Hall–Kier alpha value is -3.26. The van der Waals surface area contributed by atoms with Gasteiger partial charge in [0.2, 0.25) is 5.91 Å². The van der Waals surface area contributed by atoms with Crippen LogP contribution in [0, 0.1) is 11.8 Å². The molecule has 0 atom stereocenters. The second-order valence-electron chi connectivity index (χ2n) is 5.76. The first kappa shape index (κ1) is 19.1. The lowest BCUT2D eigenvalue weighted by Gasteiger charge is -2.05. The summed E-state index contributed by atoms with van der Waals surface area (Å²) in [6, 6.07) is 17.2. The van der Waals surface area contributed by atoms with Crippen LogP contribution < -0.4 is 16.0 Å². The highest BCUT2D eigenvalue weighted by Crippen LogP contribution is 2.08. The highest BCUT2D eigenvalue weighted by molar-refractivity contribution is 5.88. The van der Waals surface area contributed by atoms with E-state index in [0.717, 1.165) is 24.1 Å². The second-order valence-corrected chi connectivity index (χ2v) is 5.76. The van der Waals surface area contributed by atoms with Crippen molar-refractivity contribution in [2.75, 3.05) is 18.4 Å². The molecule has 2 rings (SSSR count). The molecule has 0 heterocycles. The molecule has 26 heavy (non-hydrogen) atoms. The molecule has 0 aliphatic carbocycles. The molecule has 0 aliphatic rings. The number of nitrogens with one attached hydrogen (secondary N) is 3. The van der Waals surface area contributed by atoms with E-state index in [0.29, 0.717) is 6.54 Å². The van der Waals surface area contributed by atoms with E-state index in [-0.39, 0.29) is 18.5 Å². The highest BCUT2D eigenvalue weighted by atomic mass is 16.2. The van der Waals surface area contributed by atoms with Crippen LogP contribution in [0.1, 0.15) is 24.5 Å². The summed E-state index contributed by atoms with van der Waals surface area (Å²) >= 11 is 0. The first-order valence-electron chi connectivity index (χ1n) is 8.55. The fraction of sp³-hybridized carbons (Fsp3) is 0.238. The second kappa shape index (κ2) is 10.6. The van der Waals surface area contributed by atoms with Crippen molar-refractivity contribution < 1.29 is 9.59 Å². The van der Waals surface area contributed by atoms with E-state index < -0.39 is 0 Å². The molecule has 0 saturated heterocycles. The first-order valence-corrected chi connectivity index (χ1v) is 8.55. The summed E-state index contributed by atoms with van der Waals surface area (Å²) in [5, 5.41) is 8.22. The number of rotatable bonds is 6. The predicted octanol–water partition coefficient (Wildman–Crippen LogP) is 2.93. The molecule has 0 bridgehead atoms. The average molecular weight is 349 g/mol. The minimum atomic E-state index is -0.214. The number of anilines is 1. The van der Waals surface area contributed by atoms with Gasteiger partial charge in [0.15, 0.2) is 0 Å². The molecule has 3 N–H and O–H groups in total. The van der Waals surface area contributed by atoms with Gasteiger partial charge in [0.1, 0.15) is 0 Å². The molecule has 134 valence electrons. The lowest BCUT2D eigenvalue weighted by molar-refractivity contribution is -0.114. The lowest BCUT2D eigenvalue weighted by atomic mass is 10.1. The van der Waals surface area contributed by atoms with Crippen molar-refractivity contribution in [1.82, 2.24) is 10.6 Å². The van der Waals surface area contributed by atoms with E-state index in [1.807, 2.05) is 30.3 Å². The van der Waals surface area contributed by atoms with Crippen molar-refractivity contribution >= 4 is 17.6 Å². The van der Waals surface area contributed by atoms with Crippen molar-refractivity contribution in [3.63, 3.8) is 0 Å². The van der Waals surface area contributed by atoms with Gasteiger partial charge < -0.3 is 16.0 Å². The minimum absolute atomic E-state index is 0.109. The largest absolute Gasteiger partial charge is 0.338 e. The van der Waals surface area contributed by atoms with Crippen LogP contribution in [0.3, 0.4) is 0 Å². The monoisotopic (exact) mass is 349 g/mol. The Morgan fingerprint density at radius 3 is 2.38 bits per heavy atom. The summed E-state index contributed by atoms with van der Waals surface area (Å²) in [6.45, 7) is 2.36. The van der Waals surface area contributed by atoms with Gasteiger partial charge in [0, 0.05) is 24.7 Å². The van der Waals surface area contributed by atoms with Gasteiger partial charge in [0.05, 0.1) is 6.54 Å². The normalized spacial score (nSPS) is 9.58. The van der Waals surface area contributed by atoms with Crippen molar-refractivity contribution in [2.24, 2.45) is 0 Å². The van der Waals surface area contributed by atoms with E-state index in [1.165, 1.54) is 12.5 Å². The highest BCUT2D eigenvalue weighted by Gasteiger charge is 1.98. The van der Waals surface area contributed by atoms with Gasteiger partial charge >= 0.3 is 6.03 Å². The fourth-order valence-corrected chi connectivity index (χ4v) is 2.31. The van der Waals surface area contributed by atoms with E-state index in [4.69, 9.17) is 0 Å². The van der Waals surface area contributed by atoms with Crippen molar-refractivity contribution in [2.45, 2.75) is 19.8 Å². The predicted molar refractivity (Wildman–Crippen MR) is 104 cm³/mol. The standard InChI is InChI=1S/C21H23N3O2/c1-17(25)24-20-13-11-19(12-14-20)10-6-16-23-21(26)22-15-5-9-18-7-3-2-4-8-18/h2-4,7-8,11-14H,5,9,15-16H2,1H3,(H,24,25)(H2,22,23,26). The molecule has 0 unspecified atom stereocenters. The van der Waals surface area contributed by atoms with Crippen LogP contribution in [0.4, 0.5) is 10.5 Å². The molecule has 0 aromatic heterocycles. The number of urea groups is 1. The van der Waals surface area contributed by atoms with Crippen LogP contribution in [0.5, 0.6) is 0 Å². The molecular formula is C21H23N3O2. The van der Waals surface area contributed by atoms with Gasteiger partial charge in [-0.3, -0.25) is 4.79 Å². The van der Waals surface area contributed by atoms with Gasteiger partial charge in [0.25, 0.3) is 0 Å². The van der Waals surface area contributed by atoms with Gasteiger partial charge in [-0.1, -0.05) is 42.2 Å². The van der Waals surface area contributed by atoms with E-state index in [9.17, 15) is 9.59 Å². The summed E-state index contributed by atoms with van der Waals surface area (Å²) in [4.78, 5) is 22.6.